The zero-order valence-corrected chi connectivity index (χ0v) is 12.7. The van der Waals surface area contributed by atoms with Gasteiger partial charge in [0.05, 0.1) is 0 Å². The molecule has 0 radical (unpaired) electrons. The van der Waals surface area contributed by atoms with Crippen LogP contribution in [0, 0.1) is 0 Å². The second-order valence-electron chi connectivity index (χ2n) is 6.16. The second kappa shape index (κ2) is 5.63. The normalized spacial score (nSPS) is 22.6. The van der Waals surface area contributed by atoms with Gasteiger partial charge in [-0.05, 0) is 40.5 Å². The highest BCUT2D eigenvalue weighted by Gasteiger charge is 2.36. The molecule has 1 fully saturated rings. The molecule has 1 atom stereocenters. The van der Waals surface area contributed by atoms with Crippen LogP contribution in [-0.4, -0.2) is 47.5 Å². The fraction of sp³-hybridized carbons (Fsp3) is 0.714. The SMILES string of the molecule is CC1CC/C(=C\N(C)C)C(=O)N1C(=O)OC(C)(C)C. The molecule has 1 rings (SSSR count). The predicted octanol–water partition coefficient (Wildman–Crippen LogP) is 2.38. The van der Waals surface area contributed by atoms with Crippen molar-refractivity contribution in [1.29, 1.82) is 0 Å². The van der Waals surface area contributed by atoms with Crippen molar-refractivity contribution in [2.75, 3.05) is 14.1 Å². The number of piperidine rings is 1. The van der Waals surface area contributed by atoms with Gasteiger partial charge in [-0.15, -0.1) is 0 Å². The summed E-state index contributed by atoms with van der Waals surface area (Å²) in [5, 5.41) is 0. The zero-order valence-electron chi connectivity index (χ0n) is 12.7. The van der Waals surface area contributed by atoms with Gasteiger partial charge in [0, 0.05) is 31.9 Å². The van der Waals surface area contributed by atoms with Gasteiger partial charge in [0.25, 0.3) is 5.91 Å². The fourth-order valence-corrected chi connectivity index (χ4v) is 1.96. The first kappa shape index (κ1) is 15.5. The number of carbonyl (C=O) groups is 2. The lowest BCUT2D eigenvalue weighted by Gasteiger charge is -2.34. The average Bonchev–Trinajstić information content (AvgIpc) is 2.19. The second-order valence-corrected chi connectivity index (χ2v) is 6.16. The maximum absolute atomic E-state index is 12.3. The van der Waals surface area contributed by atoms with Crippen molar-refractivity contribution in [2.45, 2.75) is 52.2 Å². The van der Waals surface area contributed by atoms with Gasteiger partial charge in [0.2, 0.25) is 0 Å². The number of amides is 2. The summed E-state index contributed by atoms with van der Waals surface area (Å²) >= 11 is 0. The third-order valence-electron chi connectivity index (χ3n) is 2.77. The summed E-state index contributed by atoms with van der Waals surface area (Å²) in [6.45, 7) is 7.25. The van der Waals surface area contributed by atoms with Gasteiger partial charge in [-0.3, -0.25) is 4.79 Å². The quantitative estimate of drug-likeness (QED) is 0.685. The largest absolute Gasteiger partial charge is 0.443 e. The average molecular weight is 268 g/mol. The molecule has 0 aromatic heterocycles. The highest BCUT2D eigenvalue weighted by Crippen LogP contribution is 2.24. The van der Waals surface area contributed by atoms with E-state index in [0.717, 1.165) is 6.42 Å². The minimum absolute atomic E-state index is 0.123. The number of hydrogen-bond acceptors (Lipinski definition) is 4. The van der Waals surface area contributed by atoms with E-state index in [2.05, 4.69) is 0 Å². The number of likely N-dealkylation sites (tertiary alicyclic amines) is 1. The van der Waals surface area contributed by atoms with E-state index in [-0.39, 0.29) is 11.9 Å². The number of nitrogens with zero attached hydrogens (tertiary/aromatic N) is 2. The standard InChI is InChI=1S/C14H24N2O3/c1-10-7-8-11(9-15(5)6)12(17)16(10)13(18)19-14(2,3)4/h9-10H,7-8H2,1-6H3/b11-9+. The molecule has 2 amide bonds. The molecule has 5 heteroatoms. The van der Waals surface area contributed by atoms with Crippen LogP contribution in [0.3, 0.4) is 0 Å². The maximum atomic E-state index is 12.3. The smallest absolute Gasteiger partial charge is 0.417 e. The summed E-state index contributed by atoms with van der Waals surface area (Å²) in [7, 11) is 3.71. The van der Waals surface area contributed by atoms with Crippen LogP contribution >= 0.6 is 0 Å². The molecule has 19 heavy (non-hydrogen) atoms. The minimum atomic E-state index is -0.597. The topological polar surface area (TPSA) is 49.9 Å². The van der Waals surface area contributed by atoms with Crippen LogP contribution in [0.4, 0.5) is 4.79 Å². The molecule has 1 saturated heterocycles. The van der Waals surface area contributed by atoms with Crippen LogP contribution in [0.25, 0.3) is 0 Å². The van der Waals surface area contributed by atoms with Crippen molar-refractivity contribution in [3.05, 3.63) is 11.8 Å². The summed E-state index contributed by atoms with van der Waals surface area (Å²) in [6.07, 6.45) is 2.67. The summed E-state index contributed by atoms with van der Waals surface area (Å²) in [5.74, 6) is -0.248. The Bertz CT molecular complexity index is 394. The molecule has 0 aromatic rings. The molecule has 0 saturated carbocycles. The van der Waals surface area contributed by atoms with Crippen LogP contribution in [0.2, 0.25) is 0 Å². The van der Waals surface area contributed by atoms with E-state index in [1.54, 1.807) is 27.0 Å². The number of hydrogen-bond donors (Lipinski definition) is 0. The van der Waals surface area contributed by atoms with Crippen LogP contribution in [0.1, 0.15) is 40.5 Å². The van der Waals surface area contributed by atoms with Crippen molar-refractivity contribution in [1.82, 2.24) is 9.80 Å². The number of carbonyl (C=O) groups excluding carboxylic acids is 2. The van der Waals surface area contributed by atoms with E-state index in [0.29, 0.717) is 12.0 Å². The highest BCUT2D eigenvalue weighted by molar-refractivity contribution is 6.03. The molecule has 1 aliphatic heterocycles. The molecular weight excluding hydrogens is 244 g/mol. The van der Waals surface area contributed by atoms with E-state index in [4.69, 9.17) is 4.74 Å². The molecule has 0 spiro atoms. The van der Waals surface area contributed by atoms with E-state index in [1.807, 2.05) is 25.9 Å². The van der Waals surface area contributed by atoms with E-state index >= 15 is 0 Å². The molecule has 1 heterocycles. The third-order valence-corrected chi connectivity index (χ3v) is 2.77. The predicted molar refractivity (Wildman–Crippen MR) is 73.5 cm³/mol. The lowest BCUT2D eigenvalue weighted by molar-refractivity contribution is -0.130. The molecule has 0 N–H and O–H groups in total. The highest BCUT2D eigenvalue weighted by atomic mass is 16.6. The Morgan fingerprint density at radius 3 is 2.47 bits per heavy atom. The first-order valence-electron chi connectivity index (χ1n) is 6.55. The van der Waals surface area contributed by atoms with Crippen molar-refractivity contribution in [3.8, 4) is 0 Å². The molecular formula is C14H24N2O3. The molecule has 0 aromatic carbocycles. The van der Waals surface area contributed by atoms with Crippen LogP contribution in [0.5, 0.6) is 0 Å². The van der Waals surface area contributed by atoms with E-state index < -0.39 is 11.7 Å². The fourth-order valence-electron chi connectivity index (χ4n) is 1.96. The number of ether oxygens (including phenoxy) is 1. The lowest BCUT2D eigenvalue weighted by atomic mass is 9.99. The van der Waals surface area contributed by atoms with E-state index in [9.17, 15) is 9.59 Å². The third kappa shape index (κ3) is 4.26. The Labute approximate surface area is 115 Å². The summed E-state index contributed by atoms with van der Waals surface area (Å²) in [5.41, 5.74) is 0.0499. The van der Waals surface area contributed by atoms with Gasteiger partial charge < -0.3 is 9.64 Å². The molecule has 1 unspecified atom stereocenters. The summed E-state index contributed by atoms with van der Waals surface area (Å²) in [6, 6.07) is -0.123. The Morgan fingerprint density at radius 2 is 2.00 bits per heavy atom. The van der Waals surface area contributed by atoms with Crippen LogP contribution in [-0.2, 0) is 9.53 Å². The summed E-state index contributed by atoms with van der Waals surface area (Å²) in [4.78, 5) is 27.5. The van der Waals surface area contributed by atoms with E-state index in [1.165, 1.54) is 4.90 Å². The first-order valence-corrected chi connectivity index (χ1v) is 6.55. The van der Waals surface area contributed by atoms with Gasteiger partial charge >= 0.3 is 6.09 Å². The minimum Gasteiger partial charge on any atom is -0.443 e. The van der Waals surface area contributed by atoms with Crippen molar-refractivity contribution in [2.24, 2.45) is 0 Å². The molecule has 108 valence electrons. The first-order chi connectivity index (χ1) is 8.61. The Kier molecular flexibility index (Phi) is 4.61. The summed E-state index contributed by atoms with van der Waals surface area (Å²) < 4.78 is 5.30. The zero-order chi connectivity index (χ0) is 14.8. The van der Waals surface area contributed by atoms with Crippen molar-refractivity contribution in [3.63, 3.8) is 0 Å². The van der Waals surface area contributed by atoms with Crippen LogP contribution in [0.15, 0.2) is 11.8 Å². The van der Waals surface area contributed by atoms with Crippen molar-refractivity contribution >= 4 is 12.0 Å². The van der Waals surface area contributed by atoms with Crippen LogP contribution < -0.4 is 0 Å². The van der Waals surface area contributed by atoms with Gasteiger partial charge in [0.1, 0.15) is 5.60 Å². The maximum Gasteiger partial charge on any atom is 0.417 e. The monoisotopic (exact) mass is 268 g/mol. The van der Waals surface area contributed by atoms with Gasteiger partial charge in [-0.2, -0.15) is 0 Å². The Hall–Kier alpha value is -1.52. The molecule has 5 nitrogen and oxygen atoms in total. The molecule has 0 bridgehead atoms. The number of imide groups is 1. The van der Waals surface area contributed by atoms with Gasteiger partial charge in [-0.1, -0.05) is 0 Å². The van der Waals surface area contributed by atoms with Gasteiger partial charge in [-0.25, -0.2) is 9.69 Å². The molecule has 0 aliphatic carbocycles. The number of rotatable bonds is 1. The molecule has 1 aliphatic rings. The van der Waals surface area contributed by atoms with Crippen molar-refractivity contribution < 1.29 is 14.3 Å². The Morgan fingerprint density at radius 1 is 1.42 bits per heavy atom. The Balaban J connectivity index is 2.91. The lowest BCUT2D eigenvalue weighted by Crippen LogP contribution is -2.49. The van der Waals surface area contributed by atoms with Gasteiger partial charge in [0.15, 0.2) is 0 Å².